The minimum Gasteiger partial charge on any atom is -0.459 e. The predicted octanol–water partition coefficient (Wildman–Crippen LogP) is 2.70. The Hall–Kier alpha value is -1.42. The van der Waals surface area contributed by atoms with Crippen LogP contribution < -0.4 is 0 Å². The third-order valence-corrected chi connectivity index (χ3v) is 3.51. The molecule has 0 aliphatic carbocycles. The molecule has 20 heavy (non-hydrogen) atoms. The molecule has 0 spiro atoms. The molecule has 0 aromatic carbocycles. The summed E-state index contributed by atoms with van der Waals surface area (Å²) in [6, 6.07) is 3.87. The molecule has 110 valence electrons. The summed E-state index contributed by atoms with van der Waals surface area (Å²) in [4.78, 5) is 18.9. The number of carbonyl (C=O) groups is 1. The third kappa shape index (κ3) is 3.79. The Morgan fingerprint density at radius 1 is 1.50 bits per heavy atom. The number of esters is 1. The van der Waals surface area contributed by atoms with Gasteiger partial charge in [-0.2, -0.15) is 0 Å². The van der Waals surface area contributed by atoms with Crippen LogP contribution in [0.5, 0.6) is 0 Å². The van der Waals surface area contributed by atoms with Crippen molar-refractivity contribution in [1.82, 2.24) is 9.88 Å². The number of aryl methyl sites for hydroxylation is 1. The summed E-state index contributed by atoms with van der Waals surface area (Å²) in [6.45, 7) is 9.44. The van der Waals surface area contributed by atoms with E-state index in [4.69, 9.17) is 4.74 Å². The van der Waals surface area contributed by atoms with E-state index in [1.165, 1.54) is 5.56 Å². The van der Waals surface area contributed by atoms with Crippen LogP contribution in [-0.4, -0.2) is 34.0 Å². The summed E-state index contributed by atoms with van der Waals surface area (Å²) in [5.41, 5.74) is 1.79. The van der Waals surface area contributed by atoms with E-state index in [1.807, 2.05) is 26.8 Å². The number of pyridine rings is 1. The zero-order valence-corrected chi connectivity index (χ0v) is 12.8. The van der Waals surface area contributed by atoms with Gasteiger partial charge in [-0.25, -0.2) is 0 Å². The summed E-state index contributed by atoms with van der Waals surface area (Å²) in [5, 5.41) is 0. The van der Waals surface area contributed by atoms with E-state index in [1.54, 1.807) is 6.20 Å². The molecular weight excluding hydrogens is 252 g/mol. The van der Waals surface area contributed by atoms with Gasteiger partial charge in [0.05, 0.1) is 5.69 Å². The molecule has 1 aromatic rings. The fourth-order valence-electron chi connectivity index (χ4n) is 2.53. The lowest BCUT2D eigenvalue weighted by Gasteiger charge is -2.27. The molecule has 4 heteroatoms. The number of hydrogen-bond acceptors (Lipinski definition) is 4. The van der Waals surface area contributed by atoms with Gasteiger partial charge < -0.3 is 4.74 Å². The second kappa shape index (κ2) is 5.92. The molecule has 1 atom stereocenters. The zero-order chi connectivity index (χ0) is 14.8. The minimum absolute atomic E-state index is 0.108. The van der Waals surface area contributed by atoms with E-state index in [2.05, 4.69) is 22.9 Å². The number of aromatic nitrogens is 1. The van der Waals surface area contributed by atoms with Crippen LogP contribution in [0.15, 0.2) is 18.3 Å². The summed E-state index contributed by atoms with van der Waals surface area (Å²) in [6.07, 6.45) is 3.72. The van der Waals surface area contributed by atoms with Crippen molar-refractivity contribution in [2.45, 2.75) is 58.7 Å². The van der Waals surface area contributed by atoms with Crippen LogP contribution in [0.2, 0.25) is 0 Å². The summed E-state index contributed by atoms with van der Waals surface area (Å²) >= 11 is 0. The SMILES string of the molecule is Cc1cccnc1CN1CCC[C@H]1C(=O)OC(C)(C)C. The van der Waals surface area contributed by atoms with E-state index >= 15 is 0 Å². The summed E-state index contributed by atoms with van der Waals surface area (Å²) in [7, 11) is 0. The molecule has 1 aromatic heterocycles. The lowest BCUT2D eigenvalue weighted by molar-refractivity contribution is -0.160. The van der Waals surface area contributed by atoms with E-state index in [0.29, 0.717) is 0 Å². The van der Waals surface area contributed by atoms with Crippen molar-refractivity contribution in [3.63, 3.8) is 0 Å². The van der Waals surface area contributed by atoms with Crippen molar-refractivity contribution >= 4 is 5.97 Å². The zero-order valence-electron chi connectivity index (χ0n) is 12.8. The fraction of sp³-hybridized carbons (Fsp3) is 0.625. The van der Waals surface area contributed by atoms with E-state index in [9.17, 15) is 4.79 Å². The Morgan fingerprint density at radius 3 is 2.90 bits per heavy atom. The molecular formula is C16H24N2O2. The second-order valence-electron chi connectivity index (χ2n) is 6.43. The molecule has 0 saturated carbocycles. The average molecular weight is 276 g/mol. The normalized spacial score (nSPS) is 20.1. The molecule has 2 heterocycles. The van der Waals surface area contributed by atoms with Gasteiger partial charge in [-0.05, 0) is 58.7 Å². The molecule has 0 unspecified atom stereocenters. The Bertz CT molecular complexity index is 480. The lowest BCUT2D eigenvalue weighted by atomic mass is 10.1. The highest BCUT2D eigenvalue weighted by atomic mass is 16.6. The second-order valence-corrected chi connectivity index (χ2v) is 6.43. The Kier molecular flexibility index (Phi) is 4.43. The Balaban J connectivity index is 2.04. The van der Waals surface area contributed by atoms with E-state index < -0.39 is 5.60 Å². The van der Waals surface area contributed by atoms with E-state index in [0.717, 1.165) is 31.6 Å². The molecule has 0 radical (unpaired) electrons. The molecule has 0 N–H and O–H groups in total. The van der Waals surface area contributed by atoms with Gasteiger partial charge in [0.25, 0.3) is 0 Å². The van der Waals surface area contributed by atoms with Crippen molar-refractivity contribution in [1.29, 1.82) is 0 Å². The molecule has 1 aliphatic rings. The summed E-state index contributed by atoms with van der Waals surface area (Å²) in [5.74, 6) is -0.108. The summed E-state index contributed by atoms with van der Waals surface area (Å²) < 4.78 is 5.52. The molecule has 2 rings (SSSR count). The fourth-order valence-corrected chi connectivity index (χ4v) is 2.53. The minimum atomic E-state index is -0.424. The van der Waals surface area contributed by atoms with Gasteiger partial charge in [0.2, 0.25) is 0 Å². The van der Waals surface area contributed by atoms with Gasteiger partial charge in [0, 0.05) is 12.7 Å². The standard InChI is InChI=1S/C16H24N2O2/c1-12-7-5-9-17-13(12)11-18-10-6-8-14(18)15(19)20-16(2,3)4/h5,7,9,14H,6,8,10-11H2,1-4H3/t14-/m0/s1. The van der Waals surface area contributed by atoms with Gasteiger partial charge in [-0.15, -0.1) is 0 Å². The van der Waals surface area contributed by atoms with Gasteiger partial charge in [0.15, 0.2) is 0 Å². The largest absolute Gasteiger partial charge is 0.459 e. The average Bonchev–Trinajstić information content (AvgIpc) is 2.78. The van der Waals surface area contributed by atoms with Gasteiger partial charge >= 0.3 is 5.97 Å². The highest BCUT2D eigenvalue weighted by Gasteiger charge is 2.34. The highest BCUT2D eigenvalue weighted by Crippen LogP contribution is 2.23. The smallest absolute Gasteiger partial charge is 0.323 e. The topological polar surface area (TPSA) is 42.4 Å². The molecule has 1 fully saturated rings. The number of rotatable bonds is 3. The van der Waals surface area contributed by atoms with Crippen LogP contribution in [-0.2, 0) is 16.1 Å². The van der Waals surface area contributed by atoms with Gasteiger partial charge in [-0.3, -0.25) is 14.7 Å². The van der Waals surface area contributed by atoms with Crippen LogP contribution >= 0.6 is 0 Å². The number of likely N-dealkylation sites (tertiary alicyclic amines) is 1. The number of ether oxygens (including phenoxy) is 1. The first-order valence-electron chi connectivity index (χ1n) is 7.24. The molecule has 4 nitrogen and oxygen atoms in total. The number of nitrogens with zero attached hydrogens (tertiary/aromatic N) is 2. The van der Waals surface area contributed by atoms with Crippen LogP contribution in [0.1, 0.15) is 44.9 Å². The van der Waals surface area contributed by atoms with Gasteiger partial charge in [-0.1, -0.05) is 6.07 Å². The predicted molar refractivity (Wildman–Crippen MR) is 78.3 cm³/mol. The van der Waals surface area contributed by atoms with Crippen LogP contribution in [0.3, 0.4) is 0 Å². The maximum Gasteiger partial charge on any atom is 0.323 e. The number of carbonyl (C=O) groups excluding carboxylic acids is 1. The van der Waals surface area contributed by atoms with Crippen molar-refractivity contribution < 1.29 is 9.53 Å². The monoisotopic (exact) mass is 276 g/mol. The Labute approximate surface area is 121 Å². The maximum absolute atomic E-state index is 12.3. The van der Waals surface area contributed by atoms with E-state index in [-0.39, 0.29) is 12.0 Å². The molecule has 0 amide bonds. The van der Waals surface area contributed by atoms with Crippen molar-refractivity contribution in [2.75, 3.05) is 6.54 Å². The lowest BCUT2D eigenvalue weighted by Crippen LogP contribution is -2.40. The number of hydrogen-bond donors (Lipinski definition) is 0. The first-order valence-corrected chi connectivity index (χ1v) is 7.24. The molecule has 1 aliphatic heterocycles. The third-order valence-electron chi connectivity index (χ3n) is 3.51. The maximum atomic E-state index is 12.3. The Morgan fingerprint density at radius 2 is 2.25 bits per heavy atom. The van der Waals surface area contributed by atoms with Gasteiger partial charge in [0.1, 0.15) is 11.6 Å². The first-order chi connectivity index (χ1) is 9.37. The molecule has 0 bridgehead atoms. The van der Waals surface area contributed by atoms with Crippen molar-refractivity contribution in [3.05, 3.63) is 29.6 Å². The van der Waals surface area contributed by atoms with Crippen LogP contribution in [0, 0.1) is 6.92 Å². The quantitative estimate of drug-likeness (QED) is 0.796. The highest BCUT2D eigenvalue weighted by molar-refractivity contribution is 5.76. The van der Waals surface area contributed by atoms with Crippen LogP contribution in [0.25, 0.3) is 0 Å². The van der Waals surface area contributed by atoms with Crippen molar-refractivity contribution in [3.8, 4) is 0 Å². The van der Waals surface area contributed by atoms with Crippen molar-refractivity contribution in [2.24, 2.45) is 0 Å². The van der Waals surface area contributed by atoms with Crippen LogP contribution in [0.4, 0.5) is 0 Å². The molecule has 1 saturated heterocycles. The first kappa shape index (κ1) is 15.0.